The fourth-order valence-electron chi connectivity index (χ4n) is 0.834. The van der Waals surface area contributed by atoms with E-state index in [4.69, 9.17) is 0 Å². The van der Waals surface area contributed by atoms with Crippen LogP contribution in [0.25, 0.3) is 0 Å². The van der Waals surface area contributed by atoms with Crippen molar-refractivity contribution in [3.8, 4) is 0 Å². The van der Waals surface area contributed by atoms with Gasteiger partial charge < -0.3 is 0 Å². The van der Waals surface area contributed by atoms with Crippen LogP contribution in [0.15, 0.2) is 12.3 Å². The second-order valence-electron chi connectivity index (χ2n) is 2.30. The topological polar surface area (TPSA) is 12.9 Å². The highest BCUT2D eigenvalue weighted by molar-refractivity contribution is 9.08. The number of hydrogen-bond donors (Lipinski definition) is 0. The lowest BCUT2D eigenvalue weighted by Crippen LogP contribution is -2.09. The summed E-state index contributed by atoms with van der Waals surface area (Å²) in [7, 11) is 0. The lowest BCUT2D eigenvalue weighted by Gasteiger charge is -2.09. The number of aromatic nitrogens is 1. The minimum absolute atomic E-state index is 0.0543. The number of alkyl halides is 4. The van der Waals surface area contributed by atoms with E-state index < -0.39 is 17.7 Å². The number of pyridine rings is 1. The van der Waals surface area contributed by atoms with Crippen LogP contribution in [0.3, 0.4) is 0 Å². The molecule has 0 amide bonds. The second kappa shape index (κ2) is 3.61. The molecule has 13 heavy (non-hydrogen) atoms. The van der Waals surface area contributed by atoms with Gasteiger partial charge in [-0.15, -0.1) is 0 Å². The smallest absolute Gasteiger partial charge is 0.228 e. The van der Waals surface area contributed by atoms with E-state index in [2.05, 4.69) is 20.9 Å². The molecule has 1 nitrogen and oxygen atoms in total. The second-order valence-corrected chi connectivity index (χ2v) is 2.86. The highest BCUT2D eigenvalue weighted by atomic mass is 79.9. The van der Waals surface area contributed by atoms with E-state index in [0.717, 1.165) is 6.07 Å². The first-order valence-corrected chi connectivity index (χ1v) is 4.35. The van der Waals surface area contributed by atoms with E-state index in [1.165, 1.54) is 0 Å². The van der Waals surface area contributed by atoms with Crippen molar-refractivity contribution >= 4 is 15.9 Å². The van der Waals surface area contributed by atoms with Gasteiger partial charge in [-0.25, -0.2) is 4.98 Å². The zero-order valence-corrected chi connectivity index (χ0v) is 7.78. The summed E-state index contributed by atoms with van der Waals surface area (Å²) in [6, 6.07) is 0.761. The maximum absolute atomic E-state index is 12.4. The van der Waals surface area contributed by atoms with Crippen LogP contribution in [-0.2, 0) is 11.5 Å². The maximum atomic E-state index is 12.4. The van der Waals surface area contributed by atoms with Gasteiger partial charge in [-0.3, -0.25) is 0 Å². The Morgan fingerprint density at radius 2 is 2.00 bits per heavy atom. The van der Waals surface area contributed by atoms with E-state index in [1.54, 1.807) is 0 Å². The lowest BCUT2D eigenvalue weighted by molar-refractivity contribution is -0.138. The predicted octanol–water partition coefficient (Wildman–Crippen LogP) is 3.13. The predicted molar refractivity (Wildman–Crippen MR) is 41.8 cm³/mol. The van der Waals surface area contributed by atoms with Crippen LogP contribution in [0.4, 0.5) is 17.6 Å². The van der Waals surface area contributed by atoms with Gasteiger partial charge in [-0.2, -0.15) is 17.6 Å². The summed E-state index contributed by atoms with van der Waals surface area (Å²) in [4.78, 5) is 2.95. The summed E-state index contributed by atoms with van der Waals surface area (Å²) < 4.78 is 49.0. The average Bonchev–Trinajstić information content (AvgIpc) is 2.01. The molecule has 0 spiro atoms. The van der Waals surface area contributed by atoms with Crippen molar-refractivity contribution in [1.29, 1.82) is 0 Å². The van der Waals surface area contributed by atoms with Crippen LogP contribution in [0, 0.1) is 5.95 Å². The monoisotopic (exact) mass is 257 g/mol. The molecule has 1 rings (SSSR count). The number of nitrogens with zero attached hydrogens (tertiary/aromatic N) is 1. The van der Waals surface area contributed by atoms with E-state index in [-0.39, 0.29) is 10.9 Å². The number of rotatable bonds is 1. The largest absolute Gasteiger partial charge is 0.418 e. The molecule has 0 bridgehead atoms. The Kier molecular flexibility index (Phi) is 2.90. The van der Waals surface area contributed by atoms with E-state index in [0.29, 0.717) is 6.20 Å². The van der Waals surface area contributed by atoms with Crippen LogP contribution in [0.1, 0.15) is 11.1 Å². The fraction of sp³-hybridized carbons (Fsp3) is 0.286. The van der Waals surface area contributed by atoms with Crippen molar-refractivity contribution in [3.63, 3.8) is 0 Å². The summed E-state index contributed by atoms with van der Waals surface area (Å²) in [5, 5.41) is -0.0543. The molecule has 0 aliphatic heterocycles. The first kappa shape index (κ1) is 10.4. The van der Waals surface area contributed by atoms with Gasteiger partial charge in [0.05, 0.1) is 5.56 Å². The van der Waals surface area contributed by atoms with Gasteiger partial charge in [-0.05, 0) is 11.6 Å². The standard InChI is InChI=1S/C7H4BrF4N/c8-2-4-1-6(9)13-3-5(4)7(10,11)12/h1,3H,2H2. The molecule has 1 aromatic rings. The molecule has 0 saturated carbocycles. The highest BCUT2D eigenvalue weighted by Gasteiger charge is 2.33. The van der Waals surface area contributed by atoms with Crippen LogP contribution in [-0.4, -0.2) is 4.98 Å². The van der Waals surface area contributed by atoms with Crippen molar-refractivity contribution < 1.29 is 17.6 Å². The zero-order valence-electron chi connectivity index (χ0n) is 6.20. The van der Waals surface area contributed by atoms with Gasteiger partial charge in [0.15, 0.2) is 0 Å². The Balaban J connectivity index is 3.22. The molecule has 0 saturated heterocycles. The molecule has 72 valence electrons. The Bertz CT molecular complexity index is 310. The van der Waals surface area contributed by atoms with Crippen molar-refractivity contribution in [2.45, 2.75) is 11.5 Å². The molecule has 0 radical (unpaired) electrons. The molecule has 0 N–H and O–H groups in total. The molecule has 0 aliphatic carbocycles. The van der Waals surface area contributed by atoms with Gasteiger partial charge in [0.25, 0.3) is 0 Å². The minimum atomic E-state index is -4.48. The van der Waals surface area contributed by atoms with Crippen molar-refractivity contribution in [1.82, 2.24) is 4.98 Å². The molecule has 6 heteroatoms. The number of hydrogen-bond acceptors (Lipinski definition) is 1. The molecule has 0 aromatic carbocycles. The number of halogens is 5. The third-order valence-electron chi connectivity index (χ3n) is 1.41. The fourth-order valence-corrected chi connectivity index (χ4v) is 1.30. The first-order chi connectivity index (χ1) is 5.95. The molecule has 1 aromatic heterocycles. The normalized spacial score (nSPS) is 11.8. The minimum Gasteiger partial charge on any atom is -0.228 e. The highest BCUT2D eigenvalue weighted by Crippen LogP contribution is 2.32. The summed E-state index contributed by atoms with van der Waals surface area (Å²) >= 11 is 2.84. The average molecular weight is 258 g/mol. The summed E-state index contributed by atoms with van der Waals surface area (Å²) in [6.45, 7) is 0. The van der Waals surface area contributed by atoms with E-state index in [9.17, 15) is 17.6 Å². The molecular weight excluding hydrogens is 254 g/mol. The summed E-state index contributed by atoms with van der Waals surface area (Å²) in [5.41, 5.74) is -1.06. The van der Waals surface area contributed by atoms with E-state index in [1.807, 2.05) is 0 Å². The molecule has 0 aliphatic rings. The van der Waals surface area contributed by atoms with Crippen LogP contribution in [0.5, 0.6) is 0 Å². The Hall–Kier alpha value is -0.650. The molecule has 1 heterocycles. The van der Waals surface area contributed by atoms with E-state index >= 15 is 0 Å². The Labute approximate surface area is 79.9 Å². The lowest BCUT2D eigenvalue weighted by atomic mass is 10.1. The third-order valence-corrected chi connectivity index (χ3v) is 2.01. The SMILES string of the molecule is Fc1cc(CBr)c(C(F)(F)F)cn1. The van der Waals surface area contributed by atoms with Crippen LogP contribution in [0.2, 0.25) is 0 Å². The van der Waals surface area contributed by atoms with Gasteiger partial charge in [-0.1, -0.05) is 15.9 Å². The van der Waals surface area contributed by atoms with Crippen LogP contribution < -0.4 is 0 Å². The zero-order chi connectivity index (χ0) is 10.1. The Morgan fingerprint density at radius 3 is 2.46 bits per heavy atom. The van der Waals surface area contributed by atoms with Crippen molar-refractivity contribution in [2.75, 3.05) is 0 Å². The van der Waals surface area contributed by atoms with Crippen molar-refractivity contribution in [2.24, 2.45) is 0 Å². The van der Waals surface area contributed by atoms with Gasteiger partial charge in [0, 0.05) is 11.5 Å². The first-order valence-electron chi connectivity index (χ1n) is 3.22. The summed E-state index contributed by atoms with van der Waals surface area (Å²) in [5.74, 6) is -0.914. The van der Waals surface area contributed by atoms with Gasteiger partial charge >= 0.3 is 6.18 Å². The molecule has 0 unspecified atom stereocenters. The summed E-state index contributed by atoms with van der Waals surface area (Å²) in [6.07, 6.45) is -3.99. The molecule has 0 fully saturated rings. The van der Waals surface area contributed by atoms with Gasteiger partial charge in [0.2, 0.25) is 5.95 Å². The molecule has 0 atom stereocenters. The quantitative estimate of drug-likeness (QED) is 0.428. The third kappa shape index (κ3) is 2.40. The Morgan fingerprint density at radius 1 is 1.38 bits per heavy atom. The van der Waals surface area contributed by atoms with Crippen molar-refractivity contribution in [3.05, 3.63) is 29.3 Å². The molecular formula is C7H4BrF4N. The van der Waals surface area contributed by atoms with Crippen LogP contribution >= 0.6 is 15.9 Å². The maximum Gasteiger partial charge on any atom is 0.418 e. The van der Waals surface area contributed by atoms with Gasteiger partial charge in [0.1, 0.15) is 0 Å².